The lowest BCUT2D eigenvalue weighted by atomic mass is 10.1. The Morgan fingerprint density at radius 1 is 1.04 bits per heavy atom. The second kappa shape index (κ2) is 9.40. The van der Waals surface area contributed by atoms with Gasteiger partial charge in [-0.3, -0.25) is 4.90 Å². The number of nitrogens with two attached hydrogens (primary N) is 1. The Labute approximate surface area is 147 Å². The van der Waals surface area contributed by atoms with Crippen LogP contribution in [0.1, 0.15) is 44.1 Å². The van der Waals surface area contributed by atoms with E-state index in [0.29, 0.717) is 6.04 Å². The lowest BCUT2D eigenvalue weighted by Gasteiger charge is -2.26. The number of benzene rings is 1. The van der Waals surface area contributed by atoms with Gasteiger partial charge < -0.3 is 15.4 Å². The van der Waals surface area contributed by atoms with Gasteiger partial charge >= 0.3 is 0 Å². The third-order valence-corrected chi connectivity index (χ3v) is 5.20. The summed E-state index contributed by atoms with van der Waals surface area (Å²) in [5.74, 6) is 1.01. The lowest BCUT2D eigenvalue weighted by Crippen LogP contribution is -2.30. The van der Waals surface area contributed by atoms with Crippen molar-refractivity contribution in [3.63, 3.8) is 0 Å². The van der Waals surface area contributed by atoms with Crippen LogP contribution in [0.25, 0.3) is 0 Å². The molecule has 4 nitrogen and oxygen atoms in total. The van der Waals surface area contributed by atoms with Crippen LogP contribution >= 0.6 is 0 Å². The van der Waals surface area contributed by atoms with Crippen LogP contribution in [0.15, 0.2) is 24.3 Å². The van der Waals surface area contributed by atoms with E-state index in [4.69, 9.17) is 10.5 Å². The molecule has 0 radical (unpaired) electrons. The molecule has 2 saturated heterocycles. The van der Waals surface area contributed by atoms with Crippen LogP contribution in [0, 0.1) is 0 Å². The Hall–Kier alpha value is -1.10. The first kappa shape index (κ1) is 17.7. The zero-order chi connectivity index (χ0) is 16.6. The van der Waals surface area contributed by atoms with E-state index < -0.39 is 0 Å². The fourth-order valence-corrected chi connectivity index (χ4v) is 3.81. The van der Waals surface area contributed by atoms with Crippen LogP contribution < -0.4 is 10.5 Å². The molecule has 0 bridgehead atoms. The molecule has 2 aliphatic rings. The zero-order valence-electron chi connectivity index (χ0n) is 15.0. The molecule has 1 atom stereocenters. The summed E-state index contributed by atoms with van der Waals surface area (Å²) in [4.78, 5) is 5.03. The van der Waals surface area contributed by atoms with E-state index in [0.717, 1.165) is 44.8 Å². The number of nitrogens with zero attached hydrogens (tertiary/aromatic N) is 2. The Morgan fingerprint density at radius 3 is 2.71 bits per heavy atom. The minimum atomic E-state index is 0.351. The highest BCUT2D eigenvalue weighted by Gasteiger charge is 2.18. The van der Waals surface area contributed by atoms with Crippen LogP contribution in [-0.2, 0) is 6.54 Å². The minimum absolute atomic E-state index is 0.351. The monoisotopic (exact) mass is 331 g/mol. The molecule has 4 heteroatoms. The van der Waals surface area contributed by atoms with Crippen LogP contribution in [-0.4, -0.2) is 55.2 Å². The molecule has 0 unspecified atom stereocenters. The fraction of sp³-hybridized carbons (Fsp3) is 0.700. The van der Waals surface area contributed by atoms with Gasteiger partial charge in [-0.2, -0.15) is 0 Å². The smallest absolute Gasteiger partial charge is 0.119 e. The molecule has 3 rings (SSSR count). The second-order valence-corrected chi connectivity index (χ2v) is 7.39. The van der Waals surface area contributed by atoms with E-state index in [1.165, 1.54) is 50.9 Å². The average molecular weight is 332 g/mol. The SMILES string of the molecule is N[C@H]1CCN(Cc2cccc(OCCCCN3CCCCC3)c2)C1. The van der Waals surface area contributed by atoms with Crippen molar-refractivity contribution in [2.75, 3.05) is 39.3 Å². The summed E-state index contributed by atoms with van der Waals surface area (Å²) < 4.78 is 5.96. The van der Waals surface area contributed by atoms with Crippen LogP contribution in [0.3, 0.4) is 0 Å². The summed E-state index contributed by atoms with van der Waals surface area (Å²) in [6.45, 7) is 7.76. The fourth-order valence-electron chi connectivity index (χ4n) is 3.81. The third-order valence-electron chi connectivity index (χ3n) is 5.20. The Bertz CT molecular complexity index is 488. The van der Waals surface area contributed by atoms with Crippen LogP contribution in [0.2, 0.25) is 0 Å². The van der Waals surface area contributed by atoms with Gasteiger partial charge in [-0.05, 0) is 69.4 Å². The highest BCUT2D eigenvalue weighted by molar-refractivity contribution is 5.28. The van der Waals surface area contributed by atoms with E-state index in [9.17, 15) is 0 Å². The summed E-state index contributed by atoms with van der Waals surface area (Å²) >= 11 is 0. The maximum Gasteiger partial charge on any atom is 0.119 e. The van der Waals surface area contributed by atoms with Crippen molar-refractivity contribution < 1.29 is 4.74 Å². The van der Waals surface area contributed by atoms with E-state index in [2.05, 4.69) is 34.1 Å². The maximum absolute atomic E-state index is 5.99. The van der Waals surface area contributed by atoms with Crippen molar-refractivity contribution in [1.82, 2.24) is 9.80 Å². The van der Waals surface area contributed by atoms with Gasteiger partial charge in [0.15, 0.2) is 0 Å². The highest BCUT2D eigenvalue weighted by atomic mass is 16.5. The first-order valence-corrected chi connectivity index (χ1v) is 9.71. The minimum Gasteiger partial charge on any atom is -0.494 e. The molecule has 0 aliphatic carbocycles. The van der Waals surface area contributed by atoms with Crippen molar-refractivity contribution in [2.45, 2.75) is 51.1 Å². The van der Waals surface area contributed by atoms with Crippen LogP contribution in [0.5, 0.6) is 5.75 Å². The van der Waals surface area contributed by atoms with E-state index in [-0.39, 0.29) is 0 Å². The number of hydrogen-bond donors (Lipinski definition) is 1. The summed E-state index contributed by atoms with van der Waals surface area (Å²) in [6, 6.07) is 8.91. The van der Waals surface area contributed by atoms with Crippen molar-refractivity contribution in [3.05, 3.63) is 29.8 Å². The predicted molar refractivity (Wildman–Crippen MR) is 99.3 cm³/mol. The molecule has 1 aromatic carbocycles. The van der Waals surface area contributed by atoms with E-state index in [1.54, 1.807) is 0 Å². The molecular weight excluding hydrogens is 298 g/mol. The topological polar surface area (TPSA) is 41.7 Å². The molecule has 2 fully saturated rings. The van der Waals surface area contributed by atoms with Crippen molar-refractivity contribution >= 4 is 0 Å². The predicted octanol–water partition coefficient (Wildman–Crippen LogP) is 2.86. The Balaban J connectivity index is 1.34. The molecule has 0 spiro atoms. The van der Waals surface area contributed by atoms with Gasteiger partial charge in [0.05, 0.1) is 6.61 Å². The van der Waals surface area contributed by atoms with Gasteiger partial charge in [-0.25, -0.2) is 0 Å². The van der Waals surface area contributed by atoms with Gasteiger partial charge in [0.25, 0.3) is 0 Å². The molecule has 0 saturated carbocycles. The number of unbranched alkanes of at least 4 members (excludes halogenated alkanes) is 1. The number of ether oxygens (including phenoxy) is 1. The standard InChI is InChI=1S/C20H33N3O/c21-19-9-13-23(17-19)16-18-7-6-8-20(15-18)24-14-5-4-12-22-10-2-1-3-11-22/h6-8,15,19H,1-5,9-14,16-17,21H2/t19-/m0/s1. The summed E-state index contributed by atoms with van der Waals surface area (Å²) in [5.41, 5.74) is 7.32. The molecule has 1 aromatic rings. The second-order valence-electron chi connectivity index (χ2n) is 7.39. The number of piperidine rings is 1. The molecule has 2 N–H and O–H groups in total. The van der Waals surface area contributed by atoms with E-state index >= 15 is 0 Å². The number of rotatable bonds is 8. The zero-order valence-corrected chi connectivity index (χ0v) is 15.0. The summed E-state index contributed by atoms with van der Waals surface area (Å²) in [6.07, 6.45) is 7.68. The van der Waals surface area contributed by atoms with Gasteiger partial charge in [0.2, 0.25) is 0 Å². The molecule has 134 valence electrons. The molecule has 0 aromatic heterocycles. The molecule has 2 heterocycles. The maximum atomic E-state index is 5.99. The largest absolute Gasteiger partial charge is 0.494 e. The van der Waals surface area contributed by atoms with E-state index in [1.807, 2.05) is 0 Å². The molecule has 2 aliphatic heterocycles. The third kappa shape index (κ3) is 5.76. The van der Waals surface area contributed by atoms with Gasteiger partial charge in [0, 0.05) is 25.7 Å². The Morgan fingerprint density at radius 2 is 1.92 bits per heavy atom. The molecule has 0 amide bonds. The van der Waals surface area contributed by atoms with Crippen LogP contribution in [0.4, 0.5) is 0 Å². The van der Waals surface area contributed by atoms with Gasteiger partial charge in [-0.15, -0.1) is 0 Å². The quantitative estimate of drug-likeness (QED) is 0.744. The first-order chi connectivity index (χ1) is 11.8. The normalized spacial score (nSPS) is 22.8. The van der Waals surface area contributed by atoms with Gasteiger partial charge in [-0.1, -0.05) is 18.6 Å². The van der Waals surface area contributed by atoms with Crippen molar-refractivity contribution in [1.29, 1.82) is 0 Å². The highest BCUT2D eigenvalue weighted by Crippen LogP contribution is 2.18. The molecule has 24 heavy (non-hydrogen) atoms. The number of hydrogen-bond acceptors (Lipinski definition) is 4. The molecular formula is C20H33N3O. The van der Waals surface area contributed by atoms with Crippen molar-refractivity contribution in [2.24, 2.45) is 5.73 Å². The lowest BCUT2D eigenvalue weighted by molar-refractivity contribution is 0.216. The average Bonchev–Trinajstić information content (AvgIpc) is 3.01. The first-order valence-electron chi connectivity index (χ1n) is 9.71. The van der Waals surface area contributed by atoms with Gasteiger partial charge in [0.1, 0.15) is 5.75 Å². The summed E-state index contributed by atoms with van der Waals surface area (Å²) in [5, 5.41) is 0. The summed E-state index contributed by atoms with van der Waals surface area (Å²) in [7, 11) is 0. The number of likely N-dealkylation sites (tertiary alicyclic amines) is 2. The van der Waals surface area contributed by atoms with Crippen molar-refractivity contribution in [3.8, 4) is 5.75 Å². The Kier molecular flexibility index (Phi) is 6.94.